The lowest BCUT2D eigenvalue weighted by Crippen LogP contribution is -2.36. The summed E-state index contributed by atoms with van der Waals surface area (Å²) < 4.78 is 1.57. The van der Waals surface area contributed by atoms with Crippen molar-refractivity contribution in [3.63, 3.8) is 0 Å². The Bertz CT molecular complexity index is 802. The molecule has 0 spiro atoms. The summed E-state index contributed by atoms with van der Waals surface area (Å²) in [4.78, 5) is 31.5. The van der Waals surface area contributed by atoms with Crippen molar-refractivity contribution in [1.29, 1.82) is 0 Å². The van der Waals surface area contributed by atoms with E-state index in [9.17, 15) is 9.59 Å². The largest absolute Gasteiger partial charge is 0.396 e. The Hall–Kier alpha value is -1.86. The van der Waals surface area contributed by atoms with Gasteiger partial charge < -0.3 is 10.0 Å². The molecule has 0 aliphatic heterocycles. The fourth-order valence-electron chi connectivity index (χ4n) is 2.50. The van der Waals surface area contributed by atoms with Crippen molar-refractivity contribution in [3.8, 4) is 0 Å². The second-order valence-electron chi connectivity index (χ2n) is 6.46. The molecule has 6 nitrogen and oxygen atoms in total. The molecule has 1 atom stereocenters. The van der Waals surface area contributed by atoms with Crippen LogP contribution in [0.25, 0.3) is 10.9 Å². The molecule has 7 heteroatoms. The van der Waals surface area contributed by atoms with Crippen LogP contribution < -0.4 is 5.56 Å². The minimum atomic E-state index is -0.330. The van der Waals surface area contributed by atoms with Gasteiger partial charge in [0.25, 0.3) is 5.56 Å². The third kappa shape index (κ3) is 4.41. The lowest BCUT2D eigenvalue weighted by Gasteiger charge is -2.24. The minimum absolute atomic E-state index is 0.00360. The van der Waals surface area contributed by atoms with E-state index in [1.54, 1.807) is 41.8 Å². The van der Waals surface area contributed by atoms with Crippen LogP contribution in [0.2, 0.25) is 0 Å². The molecule has 1 amide bonds. The number of thioether (sulfide) groups is 1. The summed E-state index contributed by atoms with van der Waals surface area (Å²) in [5, 5.41) is 9.89. The van der Waals surface area contributed by atoms with Crippen molar-refractivity contribution in [2.24, 2.45) is 5.92 Å². The predicted octanol–water partition coefficient (Wildman–Crippen LogP) is 1.98. The molecule has 25 heavy (non-hydrogen) atoms. The van der Waals surface area contributed by atoms with Crippen molar-refractivity contribution < 1.29 is 9.90 Å². The third-order valence-electron chi connectivity index (χ3n) is 3.89. The first-order valence-electron chi connectivity index (χ1n) is 8.35. The van der Waals surface area contributed by atoms with E-state index in [4.69, 9.17) is 5.11 Å². The molecule has 1 heterocycles. The Labute approximate surface area is 151 Å². The molecular formula is C18H25N3O3S. The number of aliphatic hydroxyl groups excluding tert-OH is 1. The summed E-state index contributed by atoms with van der Waals surface area (Å²) in [5.41, 5.74) is 0.483. The fourth-order valence-corrected chi connectivity index (χ4v) is 3.77. The smallest absolute Gasteiger partial charge is 0.262 e. The Balaban J connectivity index is 2.53. The summed E-state index contributed by atoms with van der Waals surface area (Å²) >= 11 is 1.32. The Morgan fingerprint density at radius 1 is 1.32 bits per heavy atom. The van der Waals surface area contributed by atoms with Crippen molar-refractivity contribution in [1.82, 2.24) is 14.5 Å². The molecule has 0 bridgehead atoms. The highest BCUT2D eigenvalue weighted by molar-refractivity contribution is 8.00. The molecule has 1 N–H and O–H groups in total. The average Bonchev–Trinajstić information content (AvgIpc) is 2.58. The lowest BCUT2D eigenvalue weighted by atomic mass is 10.1. The van der Waals surface area contributed by atoms with Gasteiger partial charge in [-0.2, -0.15) is 0 Å². The van der Waals surface area contributed by atoms with E-state index in [1.165, 1.54) is 11.8 Å². The maximum absolute atomic E-state index is 12.8. The van der Waals surface area contributed by atoms with Gasteiger partial charge in [0, 0.05) is 27.2 Å². The molecule has 0 aliphatic rings. The first-order chi connectivity index (χ1) is 11.9. The van der Waals surface area contributed by atoms with Crippen LogP contribution >= 0.6 is 11.8 Å². The van der Waals surface area contributed by atoms with E-state index in [1.807, 2.05) is 19.9 Å². The van der Waals surface area contributed by atoms with Crippen LogP contribution in [0.3, 0.4) is 0 Å². The lowest BCUT2D eigenvalue weighted by molar-refractivity contribution is -0.128. The summed E-state index contributed by atoms with van der Waals surface area (Å²) in [6.07, 6.45) is 0.460. The number of carbonyl (C=O) groups is 1. The molecule has 0 fully saturated rings. The summed E-state index contributed by atoms with van der Waals surface area (Å²) in [5.74, 6) is 0.0886. The highest BCUT2D eigenvalue weighted by Gasteiger charge is 2.27. The van der Waals surface area contributed by atoms with Gasteiger partial charge in [-0.3, -0.25) is 14.2 Å². The second kappa shape index (κ2) is 8.49. The van der Waals surface area contributed by atoms with E-state index >= 15 is 0 Å². The summed E-state index contributed by atoms with van der Waals surface area (Å²) in [6.45, 7) is 4.33. The number of benzene rings is 1. The molecule has 2 aromatic rings. The predicted molar refractivity (Wildman–Crippen MR) is 101 cm³/mol. The van der Waals surface area contributed by atoms with Gasteiger partial charge in [0.1, 0.15) is 0 Å². The van der Waals surface area contributed by atoms with E-state index in [0.717, 1.165) is 0 Å². The summed E-state index contributed by atoms with van der Waals surface area (Å²) in [6, 6.07) is 7.20. The van der Waals surface area contributed by atoms with Crippen LogP contribution in [0.5, 0.6) is 0 Å². The maximum atomic E-state index is 12.8. The average molecular weight is 363 g/mol. The molecule has 2 rings (SSSR count). The van der Waals surface area contributed by atoms with Crippen LogP contribution in [0.4, 0.5) is 0 Å². The zero-order chi connectivity index (χ0) is 18.6. The van der Waals surface area contributed by atoms with Crippen LogP contribution in [-0.4, -0.2) is 51.4 Å². The van der Waals surface area contributed by atoms with Gasteiger partial charge in [-0.25, -0.2) is 4.98 Å². The highest BCUT2D eigenvalue weighted by atomic mass is 32.2. The zero-order valence-corrected chi connectivity index (χ0v) is 15.9. The van der Waals surface area contributed by atoms with Gasteiger partial charge in [-0.05, 0) is 24.5 Å². The number of carbonyl (C=O) groups excluding carboxylic acids is 1. The van der Waals surface area contributed by atoms with Gasteiger partial charge in [-0.15, -0.1) is 0 Å². The Morgan fingerprint density at radius 2 is 2.00 bits per heavy atom. The van der Waals surface area contributed by atoms with Gasteiger partial charge in [0.05, 0.1) is 16.2 Å². The van der Waals surface area contributed by atoms with Gasteiger partial charge >= 0.3 is 0 Å². The Kier molecular flexibility index (Phi) is 6.61. The SMILES string of the molecule is CC(C)C(Sc1nc2ccccc2c(=O)n1CCCO)C(=O)N(C)C. The summed E-state index contributed by atoms with van der Waals surface area (Å²) in [7, 11) is 3.45. The maximum Gasteiger partial charge on any atom is 0.262 e. The van der Waals surface area contributed by atoms with Crippen molar-refractivity contribution in [2.45, 2.75) is 37.2 Å². The number of aromatic nitrogens is 2. The van der Waals surface area contributed by atoms with E-state index in [2.05, 4.69) is 4.98 Å². The van der Waals surface area contributed by atoms with Crippen molar-refractivity contribution in [2.75, 3.05) is 20.7 Å². The molecule has 0 radical (unpaired) electrons. The molecule has 136 valence electrons. The van der Waals surface area contributed by atoms with Gasteiger partial charge in [0.2, 0.25) is 5.91 Å². The highest BCUT2D eigenvalue weighted by Crippen LogP contribution is 2.28. The van der Waals surface area contributed by atoms with Crippen molar-refractivity contribution in [3.05, 3.63) is 34.6 Å². The molecular weight excluding hydrogens is 338 g/mol. The zero-order valence-electron chi connectivity index (χ0n) is 15.1. The molecule has 1 unspecified atom stereocenters. The number of hydrogen-bond acceptors (Lipinski definition) is 5. The van der Waals surface area contributed by atoms with E-state index < -0.39 is 0 Å². The molecule has 0 saturated heterocycles. The molecule has 1 aromatic carbocycles. The number of amides is 1. The van der Waals surface area contributed by atoms with Crippen LogP contribution in [0.1, 0.15) is 20.3 Å². The third-order valence-corrected chi connectivity index (χ3v) is 5.41. The second-order valence-corrected chi connectivity index (χ2v) is 7.57. The number of aliphatic hydroxyl groups is 1. The number of para-hydroxylation sites is 1. The van der Waals surface area contributed by atoms with Gasteiger partial charge in [-0.1, -0.05) is 37.7 Å². The topological polar surface area (TPSA) is 75.4 Å². The minimum Gasteiger partial charge on any atom is -0.396 e. The monoisotopic (exact) mass is 363 g/mol. The fraction of sp³-hybridized carbons (Fsp3) is 0.500. The quantitative estimate of drug-likeness (QED) is 0.601. The number of fused-ring (bicyclic) bond motifs is 1. The molecule has 1 aromatic heterocycles. The molecule has 0 saturated carbocycles. The number of rotatable bonds is 7. The number of nitrogens with zero attached hydrogens (tertiary/aromatic N) is 3. The van der Waals surface area contributed by atoms with Crippen LogP contribution in [0.15, 0.2) is 34.2 Å². The van der Waals surface area contributed by atoms with Crippen molar-refractivity contribution >= 4 is 28.6 Å². The van der Waals surface area contributed by atoms with Crippen LogP contribution in [0, 0.1) is 5.92 Å². The van der Waals surface area contributed by atoms with Crippen LogP contribution in [-0.2, 0) is 11.3 Å². The Morgan fingerprint density at radius 3 is 2.60 bits per heavy atom. The van der Waals surface area contributed by atoms with E-state index in [0.29, 0.717) is 29.0 Å². The standard InChI is InChI=1S/C18H25N3O3S/c1-12(2)15(17(24)20(3)4)25-18-19-14-9-6-5-8-13(14)16(23)21(18)10-7-11-22/h5-6,8-9,12,15,22H,7,10-11H2,1-4H3. The van der Waals surface area contributed by atoms with Gasteiger partial charge in [0.15, 0.2) is 5.16 Å². The first-order valence-corrected chi connectivity index (χ1v) is 9.23. The molecule has 0 aliphatic carbocycles. The first kappa shape index (κ1) is 19.5. The van der Waals surface area contributed by atoms with E-state index in [-0.39, 0.29) is 29.2 Å². The normalized spacial score (nSPS) is 12.6. The number of hydrogen-bond donors (Lipinski definition) is 1.